The first-order valence-corrected chi connectivity index (χ1v) is 12.8. The standard InChI is InChI=1S/C23H18Br2N2O2/c1-29-19-16-8-9-15-18(28)14(8)22(24)12-5(3-27)13-7-6(12)10-4(2-26)11(7)21(17(9)19,20(10,16)22)23(13,15)25/h4-17,19H,1H3. The van der Waals surface area contributed by atoms with Gasteiger partial charge < -0.3 is 4.74 Å². The molecule has 16 unspecified atom stereocenters. The van der Waals surface area contributed by atoms with Gasteiger partial charge in [-0.2, -0.15) is 10.5 Å². The predicted octanol–water partition coefficient (Wildman–Crippen LogP) is 2.62. The minimum atomic E-state index is -0.281. The number of alkyl halides is 2. The lowest BCUT2D eigenvalue weighted by molar-refractivity contribution is -0.126. The van der Waals surface area contributed by atoms with Crippen LogP contribution in [0.2, 0.25) is 0 Å². The topological polar surface area (TPSA) is 73.9 Å². The van der Waals surface area contributed by atoms with Crippen LogP contribution in [0.1, 0.15) is 0 Å². The van der Waals surface area contributed by atoms with Crippen molar-refractivity contribution >= 4 is 37.6 Å². The molecule has 6 heteroatoms. The Kier molecular flexibility index (Phi) is 1.86. The highest BCUT2D eigenvalue weighted by Crippen LogP contribution is 3.10. The monoisotopic (exact) mass is 512 g/mol. The molecule has 0 aromatic carbocycles. The van der Waals surface area contributed by atoms with Gasteiger partial charge in [-0.25, -0.2) is 0 Å². The number of Topliss-reactive ketones (excluding diaryl/α,β-unsaturated/α-hetero) is 1. The van der Waals surface area contributed by atoms with E-state index in [-0.39, 0.29) is 61.1 Å². The number of carbonyl (C=O) groups excluding carboxylic acids is 1. The fraction of sp³-hybridized carbons (Fsp3) is 0.870. The highest BCUT2D eigenvalue weighted by molar-refractivity contribution is 9.10. The largest absolute Gasteiger partial charge is 0.381 e. The smallest absolute Gasteiger partial charge is 0.142 e. The van der Waals surface area contributed by atoms with Crippen molar-refractivity contribution in [2.45, 2.75) is 14.8 Å². The number of fused-ring (bicyclic) bond motifs is 4. The van der Waals surface area contributed by atoms with Gasteiger partial charge in [0, 0.05) is 38.4 Å². The maximum absolute atomic E-state index is 14.1. The van der Waals surface area contributed by atoms with Crippen LogP contribution in [0.25, 0.3) is 0 Å². The number of hydrogen-bond acceptors (Lipinski definition) is 4. The number of methoxy groups -OCH3 is 1. The van der Waals surface area contributed by atoms with Crippen molar-refractivity contribution in [2.24, 2.45) is 93.7 Å². The molecule has 146 valence electrons. The van der Waals surface area contributed by atoms with Crippen LogP contribution in [0.15, 0.2) is 0 Å². The second-order valence-electron chi connectivity index (χ2n) is 12.1. The van der Waals surface area contributed by atoms with E-state index in [1.807, 2.05) is 7.11 Å². The minimum Gasteiger partial charge on any atom is -0.381 e. The Bertz CT molecular complexity index is 1070. The van der Waals surface area contributed by atoms with E-state index in [1.165, 1.54) is 0 Å². The van der Waals surface area contributed by atoms with Crippen molar-refractivity contribution in [3.8, 4) is 12.1 Å². The molecular weight excluding hydrogens is 496 g/mol. The number of hydrogen-bond donors (Lipinski definition) is 0. The molecule has 16 atom stereocenters. The number of ketones is 1. The van der Waals surface area contributed by atoms with Gasteiger partial charge in [-0.1, -0.05) is 31.9 Å². The molecule has 0 amide bonds. The summed E-state index contributed by atoms with van der Waals surface area (Å²) >= 11 is 8.82. The molecule has 0 radical (unpaired) electrons. The van der Waals surface area contributed by atoms with Gasteiger partial charge in [-0.15, -0.1) is 0 Å². The highest BCUT2D eigenvalue weighted by Gasteiger charge is 3.13. The number of rotatable bonds is 1. The lowest BCUT2D eigenvalue weighted by atomic mass is 9.51. The van der Waals surface area contributed by atoms with Crippen molar-refractivity contribution in [1.29, 1.82) is 10.5 Å². The van der Waals surface area contributed by atoms with Gasteiger partial charge in [-0.3, -0.25) is 4.79 Å². The molecule has 10 aliphatic carbocycles. The van der Waals surface area contributed by atoms with Crippen LogP contribution < -0.4 is 0 Å². The van der Waals surface area contributed by atoms with Gasteiger partial charge in [0.05, 0.1) is 30.1 Å². The minimum absolute atomic E-state index is 0.0220. The molecule has 4 nitrogen and oxygen atoms in total. The molecule has 4 bridgehead atoms. The summed E-state index contributed by atoms with van der Waals surface area (Å²) in [6.45, 7) is 0. The van der Waals surface area contributed by atoms with E-state index in [2.05, 4.69) is 44.0 Å². The van der Waals surface area contributed by atoms with E-state index < -0.39 is 0 Å². The van der Waals surface area contributed by atoms with E-state index in [0.717, 1.165) is 0 Å². The Morgan fingerprint density at radius 3 is 1.66 bits per heavy atom. The molecule has 0 aromatic rings. The van der Waals surface area contributed by atoms with E-state index in [4.69, 9.17) is 4.74 Å². The van der Waals surface area contributed by atoms with Gasteiger partial charge in [0.2, 0.25) is 0 Å². The van der Waals surface area contributed by atoms with Crippen molar-refractivity contribution < 1.29 is 9.53 Å². The Morgan fingerprint density at radius 1 is 0.793 bits per heavy atom. The Morgan fingerprint density at radius 2 is 1.24 bits per heavy atom. The van der Waals surface area contributed by atoms with Crippen LogP contribution in [-0.4, -0.2) is 27.6 Å². The molecule has 0 aliphatic heterocycles. The third-order valence-electron chi connectivity index (χ3n) is 13.5. The summed E-state index contributed by atoms with van der Waals surface area (Å²) in [5, 5.41) is 20.9. The van der Waals surface area contributed by atoms with Crippen LogP contribution in [0.3, 0.4) is 0 Å². The quantitative estimate of drug-likeness (QED) is 0.505. The Labute approximate surface area is 185 Å². The zero-order chi connectivity index (χ0) is 19.4. The van der Waals surface area contributed by atoms with Gasteiger partial charge >= 0.3 is 0 Å². The van der Waals surface area contributed by atoms with Crippen LogP contribution in [0.5, 0.6) is 0 Å². The Balaban J connectivity index is 1.51. The van der Waals surface area contributed by atoms with E-state index in [9.17, 15) is 15.3 Å². The van der Waals surface area contributed by atoms with Gasteiger partial charge in [0.25, 0.3) is 0 Å². The molecular formula is C23H18Br2N2O2. The third kappa shape index (κ3) is 0.774. The van der Waals surface area contributed by atoms with Crippen molar-refractivity contribution in [3.05, 3.63) is 0 Å². The van der Waals surface area contributed by atoms with Crippen molar-refractivity contribution in [3.63, 3.8) is 0 Å². The molecule has 10 saturated carbocycles. The SMILES string of the molecule is COC1C2C3C4C5C(=O)C3C3(Br)C6C(C#N)C7C8C6C6C(C#N)C8C(C14)(C57Br)C623. The summed E-state index contributed by atoms with van der Waals surface area (Å²) in [6, 6.07) is 5.62. The molecule has 2 spiro atoms. The predicted molar refractivity (Wildman–Crippen MR) is 104 cm³/mol. The van der Waals surface area contributed by atoms with Crippen molar-refractivity contribution in [1.82, 2.24) is 0 Å². The summed E-state index contributed by atoms with van der Waals surface area (Å²) in [7, 11) is 1.88. The number of nitriles is 2. The van der Waals surface area contributed by atoms with Crippen molar-refractivity contribution in [2.75, 3.05) is 7.11 Å². The molecule has 0 saturated heterocycles. The Hall–Kier alpha value is -0.430. The maximum atomic E-state index is 14.1. The highest BCUT2D eigenvalue weighted by atomic mass is 79.9. The number of nitrogens with zero attached hydrogens (tertiary/aromatic N) is 2. The van der Waals surface area contributed by atoms with Crippen LogP contribution in [0, 0.1) is 116 Å². The zero-order valence-corrected chi connectivity index (χ0v) is 18.8. The van der Waals surface area contributed by atoms with Crippen LogP contribution >= 0.6 is 31.9 Å². The van der Waals surface area contributed by atoms with E-state index in [1.54, 1.807) is 0 Å². The molecule has 10 rings (SSSR count). The molecule has 0 aromatic heterocycles. The average Bonchev–Trinajstić information content (AvgIpc) is 3.48. The first kappa shape index (κ1) is 15.4. The molecule has 0 N–H and O–H groups in total. The molecule has 10 fully saturated rings. The summed E-state index contributed by atoms with van der Waals surface area (Å²) in [5.74, 6) is 4.43. The number of carbonyl (C=O) groups is 1. The summed E-state index contributed by atoms with van der Waals surface area (Å²) in [4.78, 5) is 14.1. The fourth-order valence-corrected chi connectivity index (χ4v) is 19.0. The first-order valence-electron chi connectivity index (χ1n) is 11.2. The lowest BCUT2D eigenvalue weighted by Gasteiger charge is -2.54. The molecule has 10 aliphatic rings. The third-order valence-corrected chi connectivity index (χ3v) is 16.9. The van der Waals surface area contributed by atoms with E-state index in [0.29, 0.717) is 53.1 Å². The summed E-state index contributed by atoms with van der Waals surface area (Å²) in [5.41, 5.74) is -0.0579. The van der Waals surface area contributed by atoms with E-state index >= 15 is 0 Å². The fourth-order valence-electron chi connectivity index (χ4n) is 15.0. The van der Waals surface area contributed by atoms with Crippen LogP contribution in [0.4, 0.5) is 0 Å². The van der Waals surface area contributed by atoms with Crippen LogP contribution in [-0.2, 0) is 9.53 Å². The van der Waals surface area contributed by atoms with Gasteiger partial charge in [-0.05, 0) is 59.2 Å². The second-order valence-corrected chi connectivity index (χ2v) is 14.7. The number of halogens is 2. The number of ether oxygens (including phenoxy) is 1. The average molecular weight is 514 g/mol. The lowest BCUT2D eigenvalue weighted by Crippen LogP contribution is -2.57. The normalized spacial score (nSPS) is 84.7. The summed E-state index contributed by atoms with van der Waals surface area (Å²) < 4.78 is 5.75. The first-order chi connectivity index (χ1) is 14.0. The maximum Gasteiger partial charge on any atom is 0.142 e. The summed E-state index contributed by atoms with van der Waals surface area (Å²) in [6.07, 6.45) is 0.238. The van der Waals surface area contributed by atoms with Gasteiger partial charge in [0.15, 0.2) is 0 Å². The molecule has 29 heavy (non-hydrogen) atoms. The molecule has 0 heterocycles. The second kappa shape index (κ2) is 3.50. The zero-order valence-electron chi connectivity index (χ0n) is 15.6. The van der Waals surface area contributed by atoms with Gasteiger partial charge in [0.1, 0.15) is 5.78 Å².